The van der Waals surface area contributed by atoms with Gasteiger partial charge in [-0.2, -0.15) is 0 Å². The van der Waals surface area contributed by atoms with Crippen LogP contribution in [0, 0.1) is 0 Å². The average Bonchev–Trinajstić information content (AvgIpc) is 2.20. The predicted molar refractivity (Wildman–Crippen MR) is 63.4 cm³/mol. The molecule has 0 aromatic rings. The highest BCUT2D eigenvalue weighted by atomic mass is 16.5. The van der Waals surface area contributed by atoms with E-state index in [1.807, 2.05) is 0 Å². The maximum Gasteiger partial charge on any atom is 0.351 e. The number of aliphatic carboxylic acids is 1. The minimum absolute atomic E-state index is 0.244. The molecule has 1 atom stereocenters. The van der Waals surface area contributed by atoms with Crippen molar-refractivity contribution in [3.63, 3.8) is 0 Å². The molecule has 6 nitrogen and oxygen atoms in total. The van der Waals surface area contributed by atoms with Crippen LogP contribution in [-0.2, 0) is 23.9 Å². The van der Waals surface area contributed by atoms with Gasteiger partial charge >= 0.3 is 5.97 Å². The van der Waals surface area contributed by atoms with Gasteiger partial charge in [0, 0.05) is 0 Å². The first-order valence-electron chi connectivity index (χ1n) is 5.71. The van der Waals surface area contributed by atoms with Gasteiger partial charge in [0.1, 0.15) is 6.61 Å². The Bertz CT molecular complexity index is 317. The largest absolute Gasteiger partial charge is 0.478 e. The molecule has 6 heteroatoms. The first kappa shape index (κ1) is 16.7. The zero-order valence-corrected chi connectivity index (χ0v) is 11.4. The molecule has 0 heterocycles. The molecule has 0 rings (SSSR count). The highest BCUT2D eigenvalue weighted by Crippen LogP contribution is 2.18. The summed E-state index contributed by atoms with van der Waals surface area (Å²) in [4.78, 5) is 34.7. The third-order valence-corrected chi connectivity index (χ3v) is 2.15. The van der Waals surface area contributed by atoms with E-state index in [0.29, 0.717) is 0 Å². The second-order valence-electron chi connectivity index (χ2n) is 4.49. The van der Waals surface area contributed by atoms with Crippen molar-refractivity contribution in [2.45, 2.75) is 52.4 Å². The predicted octanol–water partition coefficient (Wildman–Crippen LogP) is 0.818. The van der Waals surface area contributed by atoms with Crippen molar-refractivity contribution in [3.8, 4) is 0 Å². The third-order valence-electron chi connectivity index (χ3n) is 2.15. The Kier molecular flexibility index (Phi) is 6.14. The van der Waals surface area contributed by atoms with Gasteiger partial charge in [0.2, 0.25) is 5.78 Å². The average molecular weight is 260 g/mol. The Labute approximate surface area is 106 Å². The molecule has 18 heavy (non-hydrogen) atoms. The van der Waals surface area contributed by atoms with E-state index in [9.17, 15) is 14.4 Å². The maximum atomic E-state index is 11.9. The van der Waals surface area contributed by atoms with Crippen molar-refractivity contribution in [3.05, 3.63) is 0 Å². The van der Waals surface area contributed by atoms with Crippen molar-refractivity contribution in [1.82, 2.24) is 0 Å². The Balaban J connectivity index is 5.23. The summed E-state index contributed by atoms with van der Waals surface area (Å²) in [6.45, 7) is 7.05. The van der Waals surface area contributed by atoms with E-state index >= 15 is 0 Å². The molecule has 0 amide bonds. The van der Waals surface area contributed by atoms with Crippen LogP contribution in [0.25, 0.3) is 0 Å². The van der Waals surface area contributed by atoms with E-state index in [1.165, 1.54) is 0 Å². The van der Waals surface area contributed by atoms with Gasteiger partial charge in [0.15, 0.2) is 5.78 Å². The van der Waals surface area contributed by atoms with Crippen LogP contribution in [-0.4, -0.2) is 47.1 Å². The van der Waals surface area contributed by atoms with Gasteiger partial charge in [-0.3, -0.25) is 9.59 Å². The quantitative estimate of drug-likeness (QED) is 0.650. The number of hydrogen-bond donors (Lipinski definition) is 1. The number of carbonyl (C=O) groups is 3. The molecule has 0 spiro atoms. The fraction of sp³-hybridized carbons (Fsp3) is 0.750. The smallest absolute Gasteiger partial charge is 0.351 e. The second kappa shape index (κ2) is 6.61. The molecule has 0 aliphatic heterocycles. The van der Waals surface area contributed by atoms with Crippen molar-refractivity contribution >= 4 is 17.5 Å². The standard InChI is InChI=1S/C12H20O6/c1-7(2)17-6-10(14)12(9(5)13,11(15)16)18-8(3)4/h7-8H,6H2,1-5H3,(H,15,16). The molecule has 0 saturated heterocycles. The van der Waals surface area contributed by atoms with Crippen LogP contribution < -0.4 is 0 Å². The third kappa shape index (κ3) is 3.89. The highest BCUT2D eigenvalue weighted by molar-refractivity contribution is 6.25. The molecule has 0 bridgehead atoms. The number of carboxylic acid groups (broad SMARTS) is 1. The maximum absolute atomic E-state index is 11.9. The Morgan fingerprint density at radius 3 is 1.89 bits per heavy atom. The van der Waals surface area contributed by atoms with Gasteiger partial charge in [0.25, 0.3) is 5.60 Å². The van der Waals surface area contributed by atoms with Crippen LogP contribution in [0.4, 0.5) is 0 Å². The molecular formula is C12H20O6. The normalized spacial score (nSPS) is 14.6. The van der Waals surface area contributed by atoms with Crippen molar-refractivity contribution < 1.29 is 29.0 Å². The number of carboxylic acids is 1. The Morgan fingerprint density at radius 1 is 1.11 bits per heavy atom. The summed E-state index contributed by atoms with van der Waals surface area (Å²) in [6, 6.07) is 0. The number of hydrogen-bond acceptors (Lipinski definition) is 5. The second-order valence-corrected chi connectivity index (χ2v) is 4.49. The summed E-state index contributed by atoms with van der Waals surface area (Å²) in [6.07, 6.45) is -0.820. The molecule has 1 unspecified atom stereocenters. The zero-order chi connectivity index (χ0) is 14.5. The Hall–Kier alpha value is -1.27. The van der Waals surface area contributed by atoms with Crippen LogP contribution in [0.1, 0.15) is 34.6 Å². The molecule has 0 aliphatic carbocycles. The molecule has 0 aromatic heterocycles. The molecule has 0 fully saturated rings. The highest BCUT2D eigenvalue weighted by Gasteiger charge is 2.52. The number of carbonyl (C=O) groups excluding carboxylic acids is 2. The van der Waals surface area contributed by atoms with E-state index < -0.39 is 35.8 Å². The van der Waals surface area contributed by atoms with E-state index in [1.54, 1.807) is 27.7 Å². The summed E-state index contributed by atoms with van der Waals surface area (Å²) >= 11 is 0. The summed E-state index contributed by atoms with van der Waals surface area (Å²) in [7, 11) is 0. The van der Waals surface area contributed by atoms with Crippen molar-refractivity contribution in [1.29, 1.82) is 0 Å². The molecule has 0 saturated carbocycles. The summed E-state index contributed by atoms with van der Waals surface area (Å²) in [5.41, 5.74) is -2.47. The van der Waals surface area contributed by atoms with E-state index in [2.05, 4.69) is 0 Å². The van der Waals surface area contributed by atoms with Gasteiger partial charge < -0.3 is 14.6 Å². The minimum atomic E-state index is -2.47. The summed E-state index contributed by atoms with van der Waals surface area (Å²) < 4.78 is 10.1. The van der Waals surface area contributed by atoms with Gasteiger partial charge in [0.05, 0.1) is 12.2 Å². The monoisotopic (exact) mass is 260 g/mol. The van der Waals surface area contributed by atoms with E-state index in [4.69, 9.17) is 14.6 Å². The molecule has 0 aliphatic rings. The number of Topliss-reactive ketones (excluding diaryl/α,β-unsaturated/α-hetero) is 2. The number of ether oxygens (including phenoxy) is 2. The molecular weight excluding hydrogens is 240 g/mol. The molecule has 1 N–H and O–H groups in total. The van der Waals surface area contributed by atoms with Crippen LogP contribution in [0.2, 0.25) is 0 Å². The van der Waals surface area contributed by atoms with Gasteiger partial charge in [-0.05, 0) is 34.6 Å². The van der Waals surface area contributed by atoms with Crippen molar-refractivity contribution in [2.24, 2.45) is 0 Å². The van der Waals surface area contributed by atoms with Gasteiger partial charge in [-0.25, -0.2) is 4.79 Å². The first-order valence-corrected chi connectivity index (χ1v) is 5.71. The van der Waals surface area contributed by atoms with E-state index in [0.717, 1.165) is 6.92 Å². The minimum Gasteiger partial charge on any atom is -0.478 e. The summed E-state index contributed by atoms with van der Waals surface area (Å²) in [5.74, 6) is -3.37. The molecule has 0 aromatic carbocycles. The fourth-order valence-electron chi connectivity index (χ4n) is 1.36. The van der Waals surface area contributed by atoms with Crippen LogP contribution in [0.5, 0.6) is 0 Å². The summed E-state index contributed by atoms with van der Waals surface area (Å²) in [5, 5.41) is 9.16. The zero-order valence-electron chi connectivity index (χ0n) is 11.4. The first-order chi connectivity index (χ1) is 8.14. The molecule has 104 valence electrons. The van der Waals surface area contributed by atoms with Crippen LogP contribution >= 0.6 is 0 Å². The SMILES string of the molecule is CC(=O)C(OC(C)C)(C(=O)O)C(=O)COC(C)C. The molecule has 0 radical (unpaired) electrons. The lowest BCUT2D eigenvalue weighted by atomic mass is 9.93. The van der Waals surface area contributed by atoms with Gasteiger partial charge in [-0.15, -0.1) is 0 Å². The lowest BCUT2D eigenvalue weighted by Crippen LogP contribution is -2.57. The lowest BCUT2D eigenvalue weighted by Gasteiger charge is -2.27. The van der Waals surface area contributed by atoms with Gasteiger partial charge in [-0.1, -0.05) is 0 Å². The lowest BCUT2D eigenvalue weighted by molar-refractivity contribution is -0.183. The number of rotatable bonds is 8. The van der Waals surface area contributed by atoms with Crippen LogP contribution in [0.3, 0.4) is 0 Å². The van der Waals surface area contributed by atoms with Crippen LogP contribution in [0.15, 0.2) is 0 Å². The van der Waals surface area contributed by atoms with Crippen molar-refractivity contribution in [2.75, 3.05) is 6.61 Å². The van der Waals surface area contributed by atoms with E-state index in [-0.39, 0.29) is 6.10 Å². The Morgan fingerprint density at radius 2 is 1.61 bits per heavy atom. The topological polar surface area (TPSA) is 89.9 Å². The fourth-order valence-corrected chi connectivity index (χ4v) is 1.36. The number of ketones is 2.